The number of benzene rings is 3. The SMILES string of the molecule is CCC=CCc1ccc(-c2ccc(-c3ccc(C4=CCC(CCCCC)CC4)c(F)c3)cc2)c(F)c1F. The molecule has 0 saturated heterocycles. The molecule has 1 aliphatic carbocycles. The van der Waals surface area contributed by atoms with Crippen molar-refractivity contribution in [1.29, 1.82) is 0 Å². The van der Waals surface area contributed by atoms with E-state index in [1.165, 1.54) is 25.7 Å². The van der Waals surface area contributed by atoms with Gasteiger partial charge in [-0.2, -0.15) is 0 Å². The molecule has 0 aromatic heterocycles. The first-order valence-corrected chi connectivity index (χ1v) is 13.7. The lowest BCUT2D eigenvalue weighted by Gasteiger charge is -2.22. The summed E-state index contributed by atoms with van der Waals surface area (Å²) < 4.78 is 44.5. The van der Waals surface area contributed by atoms with E-state index in [-0.39, 0.29) is 11.4 Å². The Balaban J connectivity index is 1.47. The molecule has 0 fully saturated rings. The van der Waals surface area contributed by atoms with Crippen LogP contribution in [0.15, 0.2) is 72.8 Å². The topological polar surface area (TPSA) is 0 Å². The lowest BCUT2D eigenvalue weighted by molar-refractivity contribution is 0.427. The lowest BCUT2D eigenvalue weighted by Crippen LogP contribution is -2.06. The molecule has 4 rings (SSSR count). The molecule has 1 atom stereocenters. The zero-order valence-corrected chi connectivity index (χ0v) is 22.0. The molecule has 0 aliphatic heterocycles. The van der Waals surface area contributed by atoms with E-state index >= 15 is 4.39 Å². The first kappa shape index (κ1) is 27.0. The van der Waals surface area contributed by atoms with Crippen molar-refractivity contribution < 1.29 is 13.2 Å². The van der Waals surface area contributed by atoms with Gasteiger partial charge in [0, 0.05) is 11.1 Å². The van der Waals surface area contributed by atoms with Gasteiger partial charge >= 0.3 is 0 Å². The molecule has 1 aliphatic rings. The van der Waals surface area contributed by atoms with E-state index in [4.69, 9.17) is 0 Å². The minimum atomic E-state index is -0.834. The average molecular weight is 503 g/mol. The van der Waals surface area contributed by atoms with Gasteiger partial charge in [0.05, 0.1) is 0 Å². The average Bonchev–Trinajstić information content (AvgIpc) is 2.92. The fraction of sp³-hybridized carbons (Fsp3) is 0.353. The van der Waals surface area contributed by atoms with Gasteiger partial charge in [-0.1, -0.05) is 106 Å². The van der Waals surface area contributed by atoms with Crippen molar-refractivity contribution in [2.45, 2.75) is 71.6 Å². The highest BCUT2D eigenvalue weighted by Gasteiger charge is 2.18. The van der Waals surface area contributed by atoms with Crippen LogP contribution in [0.4, 0.5) is 13.2 Å². The summed E-state index contributed by atoms with van der Waals surface area (Å²) in [5, 5.41) is 0. The first-order chi connectivity index (χ1) is 18.0. The fourth-order valence-electron chi connectivity index (χ4n) is 5.22. The fourth-order valence-corrected chi connectivity index (χ4v) is 5.22. The third-order valence-electron chi connectivity index (χ3n) is 7.48. The van der Waals surface area contributed by atoms with Crippen molar-refractivity contribution in [1.82, 2.24) is 0 Å². The van der Waals surface area contributed by atoms with Crippen LogP contribution < -0.4 is 0 Å². The third-order valence-corrected chi connectivity index (χ3v) is 7.48. The summed E-state index contributed by atoms with van der Waals surface area (Å²) in [5.74, 6) is -1.12. The van der Waals surface area contributed by atoms with Crippen LogP contribution >= 0.6 is 0 Å². The summed E-state index contributed by atoms with van der Waals surface area (Å²) in [6.45, 7) is 4.23. The molecule has 1 unspecified atom stereocenters. The van der Waals surface area contributed by atoms with Crippen molar-refractivity contribution in [2.24, 2.45) is 5.92 Å². The van der Waals surface area contributed by atoms with Crippen LogP contribution in [0.25, 0.3) is 27.8 Å². The van der Waals surface area contributed by atoms with E-state index in [9.17, 15) is 8.78 Å². The first-order valence-electron chi connectivity index (χ1n) is 13.7. The second-order valence-corrected chi connectivity index (χ2v) is 10.1. The molecule has 194 valence electrons. The zero-order chi connectivity index (χ0) is 26.2. The zero-order valence-electron chi connectivity index (χ0n) is 22.0. The number of unbranched alkanes of at least 4 members (excludes halogenated alkanes) is 2. The minimum absolute atomic E-state index is 0.210. The predicted molar refractivity (Wildman–Crippen MR) is 150 cm³/mol. The van der Waals surface area contributed by atoms with Crippen LogP contribution in [-0.4, -0.2) is 0 Å². The van der Waals surface area contributed by atoms with Gasteiger partial charge in [-0.3, -0.25) is 0 Å². The molecular formula is C34H37F3. The van der Waals surface area contributed by atoms with Gasteiger partial charge in [-0.15, -0.1) is 0 Å². The van der Waals surface area contributed by atoms with E-state index < -0.39 is 11.6 Å². The van der Waals surface area contributed by atoms with Crippen molar-refractivity contribution >= 4 is 5.57 Å². The van der Waals surface area contributed by atoms with Gasteiger partial charge in [-0.25, -0.2) is 13.2 Å². The van der Waals surface area contributed by atoms with Gasteiger partial charge < -0.3 is 0 Å². The van der Waals surface area contributed by atoms with Crippen molar-refractivity contribution in [3.63, 3.8) is 0 Å². The van der Waals surface area contributed by atoms with Gasteiger partial charge in [0.15, 0.2) is 11.6 Å². The molecule has 3 aromatic rings. The molecule has 0 spiro atoms. The summed E-state index contributed by atoms with van der Waals surface area (Å²) in [5.41, 5.74) is 4.57. The van der Waals surface area contributed by atoms with Crippen LogP contribution in [0.5, 0.6) is 0 Å². The number of halogens is 3. The summed E-state index contributed by atoms with van der Waals surface area (Å²) in [7, 11) is 0. The Labute approximate surface area is 219 Å². The quantitative estimate of drug-likeness (QED) is 0.191. The Morgan fingerprint density at radius 2 is 1.51 bits per heavy atom. The molecule has 0 heterocycles. The number of allylic oxidation sites excluding steroid dienone is 4. The molecule has 3 heteroatoms. The maximum atomic E-state index is 15.1. The Kier molecular flexibility index (Phi) is 9.44. The van der Waals surface area contributed by atoms with Crippen molar-refractivity contribution in [3.05, 3.63) is 101 Å². The van der Waals surface area contributed by atoms with E-state index in [1.54, 1.807) is 30.3 Å². The highest BCUT2D eigenvalue weighted by Crippen LogP contribution is 2.35. The van der Waals surface area contributed by atoms with Crippen LogP contribution in [0.1, 0.15) is 76.3 Å². The summed E-state index contributed by atoms with van der Waals surface area (Å²) >= 11 is 0. The Morgan fingerprint density at radius 1 is 0.784 bits per heavy atom. The van der Waals surface area contributed by atoms with Crippen LogP contribution in [-0.2, 0) is 6.42 Å². The van der Waals surface area contributed by atoms with E-state index in [1.807, 2.05) is 43.3 Å². The smallest absolute Gasteiger partial charge is 0.166 e. The van der Waals surface area contributed by atoms with Crippen LogP contribution in [0.3, 0.4) is 0 Å². The highest BCUT2D eigenvalue weighted by molar-refractivity contribution is 5.74. The monoisotopic (exact) mass is 502 g/mol. The van der Waals surface area contributed by atoms with Gasteiger partial charge in [0.25, 0.3) is 0 Å². The van der Waals surface area contributed by atoms with Gasteiger partial charge in [-0.05, 0) is 71.9 Å². The van der Waals surface area contributed by atoms with Crippen LogP contribution in [0, 0.1) is 23.4 Å². The Hall–Kier alpha value is -3.07. The number of rotatable bonds is 10. The summed E-state index contributed by atoms with van der Waals surface area (Å²) in [6.07, 6.45) is 15.4. The summed E-state index contributed by atoms with van der Waals surface area (Å²) in [6, 6.07) is 15.9. The van der Waals surface area contributed by atoms with Crippen molar-refractivity contribution in [2.75, 3.05) is 0 Å². The molecule has 0 bridgehead atoms. The second-order valence-electron chi connectivity index (χ2n) is 10.1. The molecule has 0 amide bonds. The molecule has 0 nitrogen and oxygen atoms in total. The number of hydrogen-bond donors (Lipinski definition) is 0. The highest BCUT2D eigenvalue weighted by atomic mass is 19.2. The molecule has 0 saturated carbocycles. The Morgan fingerprint density at radius 3 is 2.19 bits per heavy atom. The van der Waals surface area contributed by atoms with Gasteiger partial charge in [0.1, 0.15) is 5.82 Å². The standard InChI is InChI=1S/C34H37F3/c1-3-5-7-9-24-11-13-26(14-12-24)30-21-20-29(23-32(30)35)25-15-17-27(18-16-25)31-22-19-28(10-8-6-4-2)33(36)34(31)37/h6,8,13,15-24H,3-5,7,9-12,14H2,1-2H3. The normalized spacial score (nSPS) is 15.8. The second kappa shape index (κ2) is 12.9. The van der Waals surface area contributed by atoms with Crippen molar-refractivity contribution in [3.8, 4) is 22.3 Å². The van der Waals surface area contributed by atoms with E-state index in [0.717, 1.165) is 48.3 Å². The Bertz CT molecular complexity index is 1250. The molecule has 3 aromatic carbocycles. The van der Waals surface area contributed by atoms with Gasteiger partial charge in [0.2, 0.25) is 0 Å². The largest absolute Gasteiger partial charge is 0.206 e. The maximum Gasteiger partial charge on any atom is 0.166 e. The van der Waals surface area contributed by atoms with E-state index in [2.05, 4.69) is 13.0 Å². The molecule has 0 radical (unpaired) electrons. The predicted octanol–water partition coefficient (Wildman–Crippen LogP) is 10.7. The molecule has 37 heavy (non-hydrogen) atoms. The molecule has 0 N–H and O–H groups in total. The third kappa shape index (κ3) is 6.63. The summed E-state index contributed by atoms with van der Waals surface area (Å²) in [4.78, 5) is 0. The minimum Gasteiger partial charge on any atom is -0.206 e. The molecular weight excluding hydrogens is 465 g/mol. The van der Waals surface area contributed by atoms with Crippen LogP contribution in [0.2, 0.25) is 0 Å². The maximum absolute atomic E-state index is 15.1. The lowest BCUT2D eigenvalue weighted by atomic mass is 9.83. The number of hydrogen-bond acceptors (Lipinski definition) is 0. The van der Waals surface area contributed by atoms with E-state index in [0.29, 0.717) is 23.1 Å².